The molecule has 234 valence electrons. The Kier molecular flexibility index (Phi) is 11.6. The second-order valence-electron chi connectivity index (χ2n) is 12.8. The average Bonchev–Trinajstić information content (AvgIpc) is 3.46. The van der Waals surface area contributed by atoms with E-state index in [0.717, 1.165) is 42.4 Å². The Labute approximate surface area is 261 Å². The first-order chi connectivity index (χ1) is 21.1. The van der Waals surface area contributed by atoms with E-state index in [1.165, 1.54) is 11.1 Å². The highest BCUT2D eigenvalue weighted by atomic mass is 16.5. The van der Waals surface area contributed by atoms with E-state index in [2.05, 4.69) is 19.2 Å². The molecule has 0 aromatic heterocycles. The Morgan fingerprint density at radius 1 is 0.818 bits per heavy atom. The van der Waals surface area contributed by atoms with Gasteiger partial charge in [-0.15, -0.1) is 0 Å². The summed E-state index contributed by atoms with van der Waals surface area (Å²) in [6.45, 7) is 8.73. The van der Waals surface area contributed by atoms with Gasteiger partial charge < -0.3 is 20.1 Å². The molecule has 0 spiro atoms. The van der Waals surface area contributed by atoms with Crippen LogP contribution in [0, 0.1) is 17.8 Å². The lowest BCUT2D eigenvalue weighted by atomic mass is 9.97. The molecule has 2 amide bonds. The number of fused-ring (bicyclic) bond motifs is 1. The van der Waals surface area contributed by atoms with E-state index < -0.39 is 24.0 Å². The van der Waals surface area contributed by atoms with Gasteiger partial charge in [0, 0.05) is 19.5 Å². The summed E-state index contributed by atoms with van der Waals surface area (Å²) in [6, 6.07) is 21.9. The van der Waals surface area contributed by atoms with Crippen LogP contribution in [0.4, 0.5) is 4.79 Å². The minimum atomic E-state index is -1.12. The number of carboxylic acid groups (broad SMARTS) is 1. The maximum Gasteiger partial charge on any atom is 0.326 e. The summed E-state index contributed by atoms with van der Waals surface area (Å²) in [5.41, 5.74) is 5.45. The molecule has 0 aliphatic heterocycles. The molecule has 2 N–H and O–H groups in total. The van der Waals surface area contributed by atoms with Crippen molar-refractivity contribution in [3.05, 3.63) is 89.5 Å². The van der Waals surface area contributed by atoms with Crippen LogP contribution in [0.1, 0.15) is 63.6 Å². The first-order valence-electron chi connectivity index (χ1n) is 15.8. The number of nitrogens with one attached hydrogen (secondary N) is 1. The molecule has 0 heterocycles. The van der Waals surface area contributed by atoms with E-state index in [0.29, 0.717) is 24.6 Å². The zero-order valence-electron chi connectivity index (χ0n) is 26.4. The molecule has 7 heteroatoms. The number of urea groups is 1. The molecule has 44 heavy (non-hydrogen) atoms. The quantitative estimate of drug-likeness (QED) is 0.152. The zero-order chi connectivity index (χ0) is 31.6. The van der Waals surface area contributed by atoms with Crippen molar-refractivity contribution in [3.63, 3.8) is 0 Å². The van der Waals surface area contributed by atoms with Crippen LogP contribution in [0.5, 0.6) is 5.75 Å². The van der Waals surface area contributed by atoms with E-state index >= 15 is 0 Å². The molecule has 0 fully saturated rings. The van der Waals surface area contributed by atoms with E-state index in [9.17, 15) is 19.5 Å². The van der Waals surface area contributed by atoms with Gasteiger partial charge in [-0.3, -0.25) is 4.79 Å². The first-order valence-corrected chi connectivity index (χ1v) is 15.8. The lowest BCUT2D eigenvalue weighted by Crippen LogP contribution is -2.51. The summed E-state index contributed by atoms with van der Waals surface area (Å²) < 4.78 is 5.87. The number of nitrogens with zero attached hydrogens (tertiary/aromatic N) is 1. The maximum absolute atomic E-state index is 13.6. The molecule has 7 nitrogen and oxygen atoms in total. The lowest BCUT2D eigenvalue weighted by molar-refractivity contribution is -0.140. The number of rotatable bonds is 14. The zero-order valence-corrected chi connectivity index (χ0v) is 26.4. The molecule has 0 unspecified atom stereocenters. The van der Waals surface area contributed by atoms with E-state index in [1.54, 1.807) is 4.90 Å². The van der Waals surface area contributed by atoms with Gasteiger partial charge >= 0.3 is 18.0 Å². The van der Waals surface area contributed by atoms with Crippen molar-refractivity contribution in [2.24, 2.45) is 17.8 Å². The largest absolute Gasteiger partial charge is 0.480 e. The number of amides is 2. The highest BCUT2D eigenvalue weighted by molar-refractivity contribution is 5.83. The summed E-state index contributed by atoms with van der Waals surface area (Å²) in [4.78, 5) is 40.9. The minimum Gasteiger partial charge on any atom is -0.480 e. The molecule has 2 atom stereocenters. The van der Waals surface area contributed by atoms with E-state index in [-0.39, 0.29) is 24.9 Å². The number of carbonyl (C=O) groups is 3. The third-order valence-corrected chi connectivity index (χ3v) is 8.12. The number of benzene rings is 3. The van der Waals surface area contributed by atoms with Crippen LogP contribution in [0.25, 0.3) is 11.1 Å². The predicted molar refractivity (Wildman–Crippen MR) is 174 cm³/mol. The van der Waals surface area contributed by atoms with Crippen LogP contribution < -0.4 is 10.1 Å². The SMILES string of the molecule is CC(C)CC[C@@H](CN(CC(C)C)C(=O)N[C@@H](Cc1ccc(-c2ccccc2)cc1)C(=O)O)C(=O)Oc1ccc2c(c1)CCC2. The van der Waals surface area contributed by atoms with Gasteiger partial charge in [0.1, 0.15) is 11.8 Å². The van der Waals surface area contributed by atoms with Crippen molar-refractivity contribution in [3.8, 4) is 16.9 Å². The van der Waals surface area contributed by atoms with Crippen LogP contribution in [0.3, 0.4) is 0 Å². The van der Waals surface area contributed by atoms with Crippen LogP contribution in [-0.2, 0) is 28.9 Å². The molecule has 0 saturated carbocycles. The standard InChI is InChI=1S/C37H46N2O5/c1-25(2)13-16-32(36(42)44-33-20-19-29-11-8-12-31(29)22-33)24-39(23-26(3)4)37(43)38-34(35(40)41)21-27-14-17-30(18-15-27)28-9-6-5-7-10-28/h5-7,9-10,14-15,17-20,22,25-26,32,34H,8,11-13,16,21,23-24H2,1-4H3,(H,38,43)(H,40,41)/t32-,34-/m0/s1. The van der Waals surface area contributed by atoms with Crippen molar-refractivity contribution in [2.75, 3.05) is 13.1 Å². The van der Waals surface area contributed by atoms with Gasteiger partial charge in [-0.2, -0.15) is 0 Å². The Hall–Kier alpha value is -4.13. The molecule has 3 aromatic carbocycles. The van der Waals surface area contributed by atoms with Gasteiger partial charge in [0.05, 0.1) is 5.92 Å². The highest BCUT2D eigenvalue weighted by Crippen LogP contribution is 2.27. The summed E-state index contributed by atoms with van der Waals surface area (Å²) in [5.74, 6) is -0.977. The van der Waals surface area contributed by atoms with Crippen LogP contribution in [0.2, 0.25) is 0 Å². The smallest absolute Gasteiger partial charge is 0.326 e. The molecule has 1 aliphatic carbocycles. The van der Waals surface area contributed by atoms with Gasteiger partial charge in [0.25, 0.3) is 0 Å². The van der Waals surface area contributed by atoms with Gasteiger partial charge in [0.15, 0.2) is 0 Å². The topological polar surface area (TPSA) is 95.9 Å². The number of esters is 1. The van der Waals surface area contributed by atoms with Crippen molar-refractivity contribution >= 4 is 18.0 Å². The van der Waals surface area contributed by atoms with Crippen molar-refractivity contribution in [2.45, 2.75) is 72.3 Å². The van der Waals surface area contributed by atoms with Crippen LogP contribution in [0.15, 0.2) is 72.8 Å². The second-order valence-corrected chi connectivity index (χ2v) is 12.8. The van der Waals surface area contributed by atoms with Crippen LogP contribution >= 0.6 is 0 Å². The number of aliphatic carboxylic acids is 1. The van der Waals surface area contributed by atoms with Gasteiger partial charge in [0.2, 0.25) is 0 Å². The van der Waals surface area contributed by atoms with Gasteiger partial charge in [-0.1, -0.05) is 94.8 Å². The highest BCUT2D eigenvalue weighted by Gasteiger charge is 2.30. The Morgan fingerprint density at radius 2 is 1.50 bits per heavy atom. The number of aryl methyl sites for hydroxylation is 2. The predicted octanol–water partition coefficient (Wildman–Crippen LogP) is 7.16. The monoisotopic (exact) mass is 598 g/mol. The molecule has 4 rings (SSSR count). The van der Waals surface area contributed by atoms with E-state index in [4.69, 9.17) is 4.74 Å². The minimum absolute atomic E-state index is 0.119. The Bertz CT molecular complexity index is 1400. The van der Waals surface area contributed by atoms with Gasteiger partial charge in [-0.05, 0) is 77.5 Å². The molecule has 0 bridgehead atoms. The van der Waals surface area contributed by atoms with Crippen LogP contribution in [-0.4, -0.2) is 47.1 Å². The fraction of sp³-hybridized carbons (Fsp3) is 0.432. The average molecular weight is 599 g/mol. The number of ether oxygens (including phenoxy) is 1. The number of carboxylic acids is 1. The van der Waals surface area contributed by atoms with Crippen molar-refractivity contribution < 1.29 is 24.2 Å². The van der Waals surface area contributed by atoms with E-state index in [1.807, 2.05) is 86.6 Å². The molecule has 0 saturated heterocycles. The Balaban J connectivity index is 1.46. The molecule has 0 radical (unpaired) electrons. The van der Waals surface area contributed by atoms with Gasteiger partial charge in [-0.25, -0.2) is 9.59 Å². The lowest BCUT2D eigenvalue weighted by Gasteiger charge is -2.30. The summed E-state index contributed by atoms with van der Waals surface area (Å²) in [7, 11) is 0. The maximum atomic E-state index is 13.6. The first kappa shape index (κ1) is 32.8. The van der Waals surface area contributed by atoms with Crippen molar-refractivity contribution in [1.29, 1.82) is 0 Å². The number of hydrogen-bond acceptors (Lipinski definition) is 4. The Morgan fingerprint density at radius 3 is 2.16 bits per heavy atom. The molecular formula is C37H46N2O5. The third kappa shape index (κ3) is 9.43. The fourth-order valence-corrected chi connectivity index (χ4v) is 5.72. The second kappa shape index (κ2) is 15.6. The molecular weight excluding hydrogens is 552 g/mol. The summed E-state index contributed by atoms with van der Waals surface area (Å²) in [5, 5.41) is 12.8. The molecule has 1 aliphatic rings. The number of carbonyl (C=O) groups excluding carboxylic acids is 2. The summed E-state index contributed by atoms with van der Waals surface area (Å²) >= 11 is 0. The third-order valence-electron chi connectivity index (χ3n) is 8.12. The molecule has 3 aromatic rings. The van der Waals surface area contributed by atoms with Crippen molar-refractivity contribution in [1.82, 2.24) is 10.2 Å². The summed E-state index contributed by atoms with van der Waals surface area (Å²) in [6.07, 6.45) is 4.66. The fourth-order valence-electron chi connectivity index (χ4n) is 5.72. The number of hydrogen-bond donors (Lipinski definition) is 2. The normalized spacial score (nSPS) is 13.8.